The Labute approximate surface area is 142 Å². The highest BCUT2D eigenvalue weighted by molar-refractivity contribution is 7.99. The molecule has 1 aromatic carbocycles. The van der Waals surface area contributed by atoms with Gasteiger partial charge in [-0.15, -0.1) is 0 Å². The molecule has 1 aromatic rings. The molecule has 1 aliphatic heterocycles. The number of aliphatic imine (C=N–C) groups is 1. The number of nitrogens with zero attached hydrogens (tertiary/aromatic N) is 2. The largest absolute Gasteiger partial charge is 0.355 e. The summed E-state index contributed by atoms with van der Waals surface area (Å²) in [5.74, 6) is 3.23. The normalized spacial score (nSPS) is 22.1. The average molecular weight is 341 g/mol. The molecule has 0 spiro atoms. The van der Waals surface area contributed by atoms with Gasteiger partial charge in [-0.05, 0) is 44.0 Å². The van der Waals surface area contributed by atoms with Crippen molar-refractivity contribution in [3.05, 3.63) is 34.9 Å². The topological polar surface area (TPSA) is 39.7 Å². The minimum Gasteiger partial charge on any atom is -0.355 e. The molecule has 122 valence electrons. The second-order valence-electron chi connectivity index (χ2n) is 5.83. The van der Waals surface area contributed by atoms with Crippen LogP contribution in [-0.2, 0) is 6.54 Å². The number of likely N-dealkylation sites (N-methyl/N-ethyl adjacent to an activating group) is 1. The van der Waals surface area contributed by atoms with Crippen LogP contribution in [0.1, 0.15) is 12.0 Å². The molecule has 6 heteroatoms. The molecule has 2 rings (SSSR count). The smallest absolute Gasteiger partial charge is 0.191 e. The fraction of sp³-hybridized carbons (Fsp3) is 0.562. The lowest BCUT2D eigenvalue weighted by Crippen LogP contribution is -2.54. The van der Waals surface area contributed by atoms with Gasteiger partial charge in [0.25, 0.3) is 0 Å². The summed E-state index contributed by atoms with van der Waals surface area (Å²) in [6, 6.07) is 7.88. The highest BCUT2D eigenvalue weighted by Gasteiger charge is 2.36. The first kappa shape index (κ1) is 17.4. The van der Waals surface area contributed by atoms with Crippen LogP contribution in [-0.4, -0.2) is 55.6 Å². The number of hydrogen-bond donors (Lipinski definition) is 2. The molecule has 0 saturated carbocycles. The minimum atomic E-state index is 0.221. The predicted molar refractivity (Wildman–Crippen MR) is 98.0 cm³/mol. The van der Waals surface area contributed by atoms with Gasteiger partial charge in [0.1, 0.15) is 0 Å². The maximum atomic E-state index is 6.01. The number of nitrogens with one attached hydrogen (secondary N) is 2. The van der Waals surface area contributed by atoms with Crippen LogP contribution >= 0.6 is 23.4 Å². The van der Waals surface area contributed by atoms with Crippen LogP contribution in [0.2, 0.25) is 5.02 Å². The standard InChI is InChI=1S/C16H25ClN4S/c1-18-15(19-10-13-5-4-6-14(17)9-13)20-11-16(21(2)3)7-8-22-12-16/h4-6,9H,7-8,10-12H2,1-3H3,(H2,18,19,20). The van der Waals surface area contributed by atoms with E-state index in [1.165, 1.54) is 12.2 Å². The Balaban J connectivity index is 1.87. The van der Waals surface area contributed by atoms with Crippen molar-refractivity contribution in [1.82, 2.24) is 15.5 Å². The van der Waals surface area contributed by atoms with Crippen molar-refractivity contribution in [3.8, 4) is 0 Å². The quantitative estimate of drug-likeness (QED) is 0.638. The number of halogens is 1. The number of hydrogen-bond acceptors (Lipinski definition) is 3. The lowest BCUT2D eigenvalue weighted by Gasteiger charge is -2.36. The second-order valence-corrected chi connectivity index (χ2v) is 7.37. The van der Waals surface area contributed by atoms with Gasteiger partial charge >= 0.3 is 0 Å². The molecular formula is C16H25ClN4S. The molecule has 1 heterocycles. The summed E-state index contributed by atoms with van der Waals surface area (Å²) in [7, 11) is 6.13. The Morgan fingerprint density at radius 2 is 2.23 bits per heavy atom. The first-order valence-electron chi connectivity index (χ1n) is 7.50. The number of benzene rings is 1. The lowest BCUT2D eigenvalue weighted by molar-refractivity contribution is 0.183. The first-order chi connectivity index (χ1) is 10.6. The molecule has 0 aromatic heterocycles. The van der Waals surface area contributed by atoms with Gasteiger partial charge in [-0.2, -0.15) is 11.8 Å². The maximum absolute atomic E-state index is 6.01. The summed E-state index contributed by atoms with van der Waals surface area (Å²) < 4.78 is 0. The van der Waals surface area contributed by atoms with E-state index in [1.54, 1.807) is 7.05 Å². The zero-order valence-corrected chi connectivity index (χ0v) is 15.1. The van der Waals surface area contributed by atoms with Crippen LogP contribution in [0.25, 0.3) is 0 Å². The van der Waals surface area contributed by atoms with Crippen LogP contribution in [0.5, 0.6) is 0 Å². The fourth-order valence-electron chi connectivity index (χ4n) is 2.55. The van der Waals surface area contributed by atoms with E-state index in [-0.39, 0.29) is 5.54 Å². The molecule has 0 bridgehead atoms. The highest BCUT2D eigenvalue weighted by atomic mass is 35.5. The van der Waals surface area contributed by atoms with Gasteiger partial charge in [-0.1, -0.05) is 23.7 Å². The molecule has 0 amide bonds. The third-order valence-electron chi connectivity index (χ3n) is 4.19. The second kappa shape index (κ2) is 8.09. The number of rotatable bonds is 5. The molecule has 1 unspecified atom stereocenters. The van der Waals surface area contributed by atoms with Crippen molar-refractivity contribution in [1.29, 1.82) is 0 Å². The Bertz CT molecular complexity index is 513. The monoisotopic (exact) mass is 340 g/mol. The third kappa shape index (κ3) is 4.54. The summed E-state index contributed by atoms with van der Waals surface area (Å²) in [5.41, 5.74) is 1.37. The van der Waals surface area contributed by atoms with Gasteiger partial charge in [-0.3, -0.25) is 4.99 Å². The summed E-state index contributed by atoms with van der Waals surface area (Å²) >= 11 is 8.04. The van der Waals surface area contributed by atoms with Crippen molar-refractivity contribution in [2.24, 2.45) is 4.99 Å². The van der Waals surface area contributed by atoms with Gasteiger partial charge in [-0.25, -0.2) is 0 Å². The molecule has 4 nitrogen and oxygen atoms in total. The zero-order valence-electron chi connectivity index (χ0n) is 13.5. The summed E-state index contributed by atoms with van der Waals surface area (Å²) in [4.78, 5) is 6.65. The van der Waals surface area contributed by atoms with Crippen LogP contribution in [0.3, 0.4) is 0 Å². The van der Waals surface area contributed by atoms with E-state index in [4.69, 9.17) is 11.6 Å². The SMILES string of the molecule is CN=C(NCc1cccc(Cl)c1)NCC1(N(C)C)CCSC1. The van der Waals surface area contributed by atoms with E-state index >= 15 is 0 Å². The molecule has 0 radical (unpaired) electrons. The molecule has 1 fully saturated rings. The van der Waals surface area contributed by atoms with Crippen molar-refractivity contribution in [2.75, 3.05) is 39.2 Å². The maximum Gasteiger partial charge on any atom is 0.191 e. The Morgan fingerprint density at radius 3 is 2.82 bits per heavy atom. The Kier molecular flexibility index (Phi) is 6.41. The van der Waals surface area contributed by atoms with E-state index in [2.05, 4.69) is 40.7 Å². The average Bonchev–Trinajstić information content (AvgIpc) is 2.98. The molecular weight excluding hydrogens is 316 g/mol. The van der Waals surface area contributed by atoms with E-state index in [0.717, 1.165) is 28.8 Å². The first-order valence-corrected chi connectivity index (χ1v) is 9.03. The summed E-state index contributed by atoms with van der Waals surface area (Å²) in [6.45, 7) is 1.62. The molecule has 1 aliphatic rings. The Hall–Kier alpha value is -0.910. The van der Waals surface area contributed by atoms with E-state index in [0.29, 0.717) is 6.54 Å². The van der Waals surface area contributed by atoms with Crippen molar-refractivity contribution >= 4 is 29.3 Å². The lowest BCUT2D eigenvalue weighted by atomic mass is 9.97. The molecule has 0 aliphatic carbocycles. The zero-order chi connectivity index (χ0) is 16.0. The number of guanidine groups is 1. The molecule has 1 atom stereocenters. The summed E-state index contributed by atoms with van der Waals surface area (Å²) in [6.07, 6.45) is 1.21. The van der Waals surface area contributed by atoms with E-state index in [1.807, 2.05) is 30.0 Å². The van der Waals surface area contributed by atoms with Crippen LogP contribution in [0.15, 0.2) is 29.3 Å². The third-order valence-corrected chi connectivity index (χ3v) is 5.66. The molecule has 22 heavy (non-hydrogen) atoms. The van der Waals surface area contributed by atoms with Crippen LogP contribution in [0, 0.1) is 0 Å². The van der Waals surface area contributed by atoms with E-state index in [9.17, 15) is 0 Å². The minimum absolute atomic E-state index is 0.221. The van der Waals surface area contributed by atoms with E-state index < -0.39 is 0 Å². The summed E-state index contributed by atoms with van der Waals surface area (Å²) in [5, 5.41) is 7.58. The number of thioether (sulfide) groups is 1. The van der Waals surface area contributed by atoms with Crippen molar-refractivity contribution in [3.63, 3.8) is 0 Å². The van der Waals surface area contributed by atoms with Crippen molar-refractivity contribution in [2.45, 2.75) is 18.5 Å². The Morgan fingerprint density at radius 1 is 1.41 bits per heavy atom. The van der Waals surface area contributed by atoms with Crippen LogP contribution < -0.4 is 10.6 Å². The predicted octanol–water partition coefficient (Wildman–Crippen LogP) is 2.44. The van der Waals surface area contributed by atoms with Crippen LogP contribution in [0.4, 0.5) is 0 Å². The van der Waals surface area contributed by atoms with Crippen molar-refractivity contribution < 1.29 is 0 Å². The molecule has 1 saturated heterocycles. The highest BCUT2D eigenvalue weighted by Crippen LogP contribution is 2.31. The molecule has 2 N–H and O–H groups in total. The van der Waals surface area contributed by atoms with Gasteiger partial charge in [0.2, 0.25) is 0 Å². The fourth-order valence-corrected chi connectivity index (χ4v) is 4.31. The van der Waals surface area contributed by atoms with Gasteiger partial charge in [0.15, 0.2) is 5.96 Å². The van der Waals surface area contributed by atoms with Gasteiger partial charge in [0, 0.05) is 36.5 Å². The van der Waals surface area contributed by atoms with Gasteiger partial charge in [0.05, 0.1) is 0 Å². The van der Waals surface area contributed by atoms with Gasteiger partial charge < -0.3 is 15.5 Å².